The van der Waals surface area contributed by atoms with Crippen LogP contribution in [-0.4, -0.2) is 9.97 Å². The minimum atomic E-state index is -0.353. The van der Waals surface area contributed by atoms with Gasteiger partial charge in [-0.1, -0.05) is 26.7 Å². The zero-order valence-electron chi connectivity index (χ0n) is 20.5. The van der Waals surface area contributed by atoms with Crippen molar-refractivity contribution < 1.29 is 4.42 Å². The first-order valence-corrected chi connectivity index (χ1v) is 13.7. The molecule has 0 aliphatic heterocycles. The highest BCUT2D eigenvalue weighted by Gasteiger charge is 2.59. The van der Waals surface area contributed by atoms with Crippen molar-refractivity contribution in [2.45, 2.75) is 97.3 Å². The molecule has 2 aromatic rings. The number of aryl methyl sites for hydroxylation is 1. The Hall–Kier alpha value is -1.71. The van der Waals surface area contributed by atoms with Gasteiger partial charge in [0.1, 0.15) is 0 Å². The molecule has 0 radical (unpaired) electrons. The van der Waals surface area contributed by atoms with Gasteiger partial charge in [-0.3, -0.25) is 0 Å². The SMILES string of the molecule is CC12CCCCC1CCC1C2CCC2(C)C(CCCc3nc4cccnc4c(=O)o3)CCC12. The van der Waals surface area contributed by atoms with Gasteiger partial charge in [-0.15, -0.1) is 0 Å². The summed E-state index contributed by atoms with van der Waals surface area (Å²) in [6, 6.07) is 3.68. The van der Waals surface area contributed by atoms with Gasteiger partial charge in [0.15, 0.2) is 11.4 Å². The summed E-state index contributed by atoms with van der Waals surface area (Å²) in [5, 5.41) is 0. The van der Waals surface area contributed by atoms with Crippen LogP contribution in [0.2, 0.25) is 0 Å². The van der Waals surface area contributed by atoms with Crippen LogP contribution in [0.1, 0.15) is 96.8 Å². The Labute approximate surface area is 198 Å². The quantitative estimate of drug-likeness (QED) is 0.507. The fraction of sp³-hybridized carbons (Fsp3) is 0.759. The van der Waals surface area contributed by atoms with E-state index in [2.05, 4.69) is 23.8 Å². The van der Waals surface area contributed by atoms with Crippen LogP contribution in [0.3, 0.4) is 0 Å². The third-order valence-electron chi connectivity index (χ3n) is 11.2. The van der Waals surface area contributed by atoms with E-state index in [0.717, 1.165) is 42.4 Å². The van der Waals surface area contributed by atoms with Gasteiger partial charge in [-0.05, 0) is 117 Å². The smallest absolute Gasteiger partial charge is 0.365 e. The first kappa shape index (κ1) is 21.8. The van der Waals surface area contributed by atoms with E-state index in [0.29, 0.717) is 27.8 Å². The fourth-order valence-corrected chi connectivity index (χ4v) is 9.44. The highest BCUT2D eigenvalue weighted by Crippen LogP contribution is 2.67. The fourth-order valence-electron chi connectivity index (χ4n) is 9.44. The molecule has 0 aromatic carbocycles. The molecule has 33 heavy (non-hydrogen) atoms. The van der Waals surface area contributed by atoms with Crippen LogP contribution in [-0.2, 0) is 6.42 Å². The summed E-state index contributed by atoms with van der Waals surface area (Å²) in [6.45, 7) is 5.32. The lowest BCUT2D eigenvalue weighted by Crippen LogP contribution is -2.52. The standard InChI is InChI=1S/C29H40N2O2/c1-28-16-4-3-7-19(28)11-13-21-22-14-12-20(29(22,2)17-15-23(21)28)8-5-10-25-31-24-9-6-18-30-26(24)27(32)33-25/h6,9,18-23H,3-5,7-8,10-17H2,1-2H3. The van der Waals surface area contributed by atoms with Crippen LogP contribution in [0.25, 0.3) is 11.0 Å². The molecule has 4 nitrogen and oxygen atoms in total. The second-order valence-electron chi connectivity index (χ2n) is 12.4. The summed E-state index contributed by atoms with van der Waals surface area (Å²) >= 11 is 0. The molecule has 4 aliphatic carbocycles. The number of aromatic nitrogens is 2. The van der Waals surface area contributed by atoms with Crippen LogP contribution < -0.4 is 5.63 Å². The number of pyridine rings is 1. The molecule has 4 heteroatoms. The second-order valence-corrected chi connectivity index (χ2v) is 12.4. The second kappa shape index (κ2) is 8.20. The monoisotopic (exact) mass is 448 g/mol. The first-order valence-electron chi connectivity index (χ1n) is 13.7. The van der Waals surface area contributed by atoms with E-state index in [1.165, 1.54) is 70.6 Å². The molecule has 0 amide bonds. The Morgan fingerprint density at radius 2 is 1.88 bits per heavy atom. The van der Waals surface area contributed by atoms with Gasteiger partial charge >= 0.3 is 5.63 Å². The highest BCUT2D eigenvalue weighted by molar-refractivity contribution is 5.71. The molecule has 178 valence electrons. The molecular formula is C29H40N2O2. The number of fused-ring (bicyclic) bond motifs is 6. The minimum Gasteiger partial charge on any atom is -0.407 e. The van der Waals surface area contributed by atoms with Gasteiger partial charge in [0.2, 0.25) is 0 Å². The summed E-state index contributed by atoms with van der Waals surface area (Å²) in [5.41, 5.74) is 1.79. The van der Waals surface area contributed by atoms with E-state index in [9.17, 15) is 4.79 Å². The molecule has 0 N–H and O–H groups in total. The van der Waals surface area contributed by atoms with Crippen molar-refractivity contribution >= 4 is 11.0 Å². The van der Waals surface area contributed by atoms with E-state index < -0.39 is 0 Å². The van der Waals surface area contributed by atoms with E-state index in [-0.39, 0.29) is 5.63 Å². The van der Waals surface area contributed by atoms with E-state index in [4.69, 9.17) is 4.42 Å². The van der Waals surface area contributed by atoms with Crippen molar-refractivity contribution in [3.8, 4) is 0 Å². The molecule has 4 fully saturated rings. The number of nitrogens with zero attached hydrogens (tertiary/aromatic N) is 2. The molecule has 7 unspecified atom stereocenters. The van der Waals surface area contributed by atoms with Crippen LogP contribution in [0.4, 0.5) is 0 Å². The Bertz CT molecular complexity index is 1080. The van der Waals surface area contributed by atoms with Crippen molar-refractivity contribution in [2.24, 2.45) is 40.4 Å². The van der Waals surface area contributed by atoms with Gasteiger partial charge in [-0.2, -0.15) is 0 Å². The van der Waals surface area contributed by atoms with E-state index >= 15 is 0 Å². The predicted octanol–water partition coefficient (Wildman–Crippen LogP) is 6.95. The van der Waals surface area contributed by atoms with Crippen molar-refractivity contribution in [3.05, 3.63) is 34.6 Å². The van der Waals surface area contributed by atoms with Crippen LogP contribution in [0.15, 0.2) is 27.5 Å². The predicted molar refractivity (Wildman–Crippen MR) is 131 cm³/mol. The largest absolute Gasteiger partial charge is 0.407 e. The average molecular weight is 449 g/mol. The zero-order valence-corrected chi connectivity index (χ0v) is 20.5. The maximum atomic E-state index is 12.2. The van der Waals surface area contributed by atoms with Gasteiger partial charge in [0, 0.05) is 12.6 Å². The number of hydrogen-bond donors (Lipinski definition) is 0. The van der Waals surface area contributed by atoms with Gasteiger partial charge < -0.3 is 4.42 Å². The molecule has 7 atom stereocenters. The van der Waals surface area contributed by atoms with Gasteiger partial charge in [-0.25, -0.2) is 14.8 Å². The Kier molecular flexibility index (Phi) is 5.42. The first-order chi connectivity index (χ1) is 16.0. The van der Waals surface area contributed by atoms with Crippen molar-refractivity contribution in [2.75, 3.05) is 0 Å². The lowest BCUT2D eigenvalue weighted by atomic mass is 9.45. The molecular weight excluding hydrogens is 408 g/mol. The summed E-state index contributed by atoms with van der Waals surface area (Å²) in [6.07, 6.45) is 19.3. The molecule has 6 rings (SSSR count). The normalized spacial score (nSPS) is 40.2. The highest BCUT2D eigenvalue weighted by atomic mass is 16.4. The van der Waals surface area contributed by atoms with Crippen LogP contribution in [0.5, 0.6) is 0 Å². The third-order valence-corrected chi connectivity index (χ3v) is 11.2. The van der Waals surface area contributed by atoms with E-state index in [1.54, 1.807) is 6.20 Å². The third kappa shape index (κ3) is 3.49. The molecule has 0 spiro atoms. The Morgan fingerprint density at radius 3 is 2.79 bits per heavy atom. The van der Waals surface area contributed by atoms with Gasteiger partial charge in [0.25, 0.3) is 0 Å². The summed E-state index contributed by atoms with van der Waals surface area (Å²) < 4.78 is 5.49. The maximum Gasteiger partial charge on any atom is 0.365 e. The zero-order chi connectivity index (χ0) is 22.6. The van der Waals surface area contributed by atoms with Crippen LogP contribution >= 0.6 is 0 Å². The molecule has 4 aliphatic rings. The van der Waals surface area contributed by atoms with Crippen molar-refractivity contribution in [1.82, 2.24) is 9.97 Å². The molecule has 0 saturated heterocycles. The number of rotatable bonds is 4. The molecule has 0 bridgehead atoms. The molecule has 2 aromatic heterocycles. The average Bonchev–Trinajstić information content (AvgIpc) is 3.15. The molecule has 4 saturated carbocycles. The van der Waals surface area contributed by atoms with Gasteiger partial charge in [0.05, 0.1) is 5.52 Å². The maximum absolute atomic E-state index is 12.2. The summed E-state index contributed by atoms with van der Waals surface area (Å²) in [7, 11) is 0. The van der Waals surface area contributed by atoms with Crippen molar-refractivity contribution in [3.63, 3.8) is 0 Å². The Morgan fingerprint density at radius 1 is 1.00 bits per heavy atom. The molecule has 2 heterocycles. The lowest BCUT2D eigenvalue weighted by Gasteiger charge is -2.60. The summed E-state index contributed by atoms with van der Waals surface area (Å²) in [4.78, 5) is 20.9. The van der Waals surface area contributed by atoms with Crippen LogP contribution in [0, 0.1) is 40.4 Å². The lowest BCUT2D eigenvalue weighted by molar-refractivity contribution is -0.111. The number of hydrogen-bond acceptors (Lipinski definition) is 4. The van der Waals surface area contributed by atoms with Crippen molar-refractivity contribution in [1.29, 1.82) is 0 Å². The Balaban J connectivity index is 1.13. The minimum absolute atomic E-state index is 0.338. The topological polar surface area (TPSA) is 56.0 Å². The van der Waals surface area contributed by atoms with E-state index in [1.807, 2.05) is 12.1 Å². The summed E-state index contributed by atoms with van der Waals surface area (Å²) in [5.74, 6) is 5.29.